The quantitative estimate of drug-likeness (QED) is 0.284. The molecule has 3 aromatic carbocycles. The first-order valence-electron chi connectivity index (χ1n) is 14.6. The average Bonchev–Trinajstić information content (AvgIpc) is 3.72. The second kappa shape index (κ2) is 13.1. The molecule has 6 rings (SSSR count). The number of amides is 2. The van der Waals surface area contributed by atoms with Gasteiger partial charge in [-0.05, 0) is 77.7 Å². The summed E-state index contributed by atoms with van der Waals surface area (Å²) in [6.45, 7) is -0.102. The molecule has 2 amide bonds. The summed E-state index contributed by atoms with van der Waals surface area (Å²) < 4.78 is 30.2. The van der Waals surface area contributed by atoms with E-state index in [1.165, 1.54) is 34.0 Å². The van der Waals surface area contributed by atoms with E-state index in [0.29, 0.717) is 34.2 Å². The van der Waals surface area contributed by atoms with Crippen molar-refractivity contribution in [2.24, 2.45) is 0 Å². The summed E-state index contributed by atoms with van der Waals surface area (Å²) >= 11 is 0. The number of nitrogens with zero attached hydrogens (tertiary/aromatic N) is 5. The van der Waals surface area contributed by atoms with Crippen LogP contribution in [-0.4, -0.2) is 56.9 Å². The van der Waals surface area contributed by atoms with E-state index in [1.807, 2.05) is 6.07 Å². The first-order valence-corrected chi connectivity index (χ1v) is 14.6. The predicted molar refractivity (Wildman–Crippen MR) is 157 cm³/mol. The third-order valence-electron chi connectivity index (χ3n) is 7.89. The van der Waals surface area contributed by atoms with Gasteiger partial charge in [0.2, 0.25) is 24.4 Å². The highest BCUT2D eigenvalue weighted by Gasteiger charge is 2.34. The third-order valence-corrected chi connectivity index (χ3v) is 7.89. The standard InChI is InChI=1S/C32H33FN6O5/c1-42-26-14-10-23(11-15-26)31-35-37-39(36-31)19-29(40)38(18-21-7-16-27-28(17-21)44-20-43-27)30(22-8-12-24(33)13-9-22)32(41)34-25-5-3-2-4-6-25/h7-17,25,30H,2-6,18-20H2,1H3,(H,34,41)/t30-/m1/s1. The lowest BCUT2D eigenvalue weighted by Gasteiger charge is -2.33. The number of aromatic nitrogens is 4. The number of methoxy groups -OCH3 is 1. The fourth-order valence-corrected chi connectivity index (χ4v) is 5.58. The zero-order valence-corrected chi connectivity index (χ0v) is 24.3. The van der Waals surface area contributed by atoms with E-state index in [0.717, 1.165) is 37.7 Å². The monoisotopic (exact) mass is 600 g/mol. The summed E-state index contributed by atoms with van der Waals surface area (Å²) in [7, 11) is 1.58. The summed E-state index contributed by atoms with van der Waals surface area (Å²) in [6, 6.07) is 17.2. The SMILES string of the molecule is COc1ccc(-c2nnn(CC(=O)N(Cc3ccc4c(c3)OCO4)[C@@H](C(=O)NC3CCCCC3)c3ccc(F)cc3)n2)cc1. The molecule has 4 aromatic rings. The number of hydrogen-bond donors (Lipinski definition) is 1. The molecule has 0 saturated heterocycles. The second-order valence-electron chi connectivity index (χ2n) is 10.9. The molecule has 1 saturated carbocycles. The highest BCUT2D eigenvalue weighted by Crippen LogP contribution is 2.34. The lowest BCUT2D eigenvalue weighted by atomic mass is 9.94. The minimum atomic E-state index is -1.04. The molecule has 1 aliphatic carbocycles. The molecule has 11 nitrogen and oxygen atoms in total. The molecule has 228 valence electrons. The Balaban J connectivity index is 1.32. The first-order chi connectivity index (χ1) is 21.5. The molecule has 0 radical (unpaired) electrons. The maximum absolute atomic E-state index is 14.1. The number of hydrogen-bond acceptors (Lipinski definition) is 8. The number of fused-ring (bicyclic) bond motifs is 1. The Bertz CT molecular complexity index is 1600. The average molecular weight is 601 g/mol. The van der Waals surface area contributed by atoms with E-state index < -0.39 is 17.8 Å². The van der Waals surface area contributed by atoms with Gasteiger partial charge in [-0.2, -0.15) is 4.80 Å². The maximum Gasteiger partial charge on any atom is 0.247 e. The van der Waals surface area contributed by atoms with Crippen molar-refractivity contribution in [3.8, 4) is 28.6 Å². The van der Waals surface area contributed by atoms with E-state index in [2.05, 4.69) is 20.7 Å². The van der Waals surface area contributed by atoms with E-state index in [1.54, 1.807) is 43.5 Å². The van der Waals surface area contributed by atoms with Crippen molar-refractivity contribution >= 4 is 11.8 Å². The molecule has 1 fully saturated rings. The lowest BCUT2D eigenvalue weighted by Crippen LogP contribution is -2.47. The van der Waals surface area contributed by atoms with Crippen LogP contribution in [0.2, 0.25) is 0 Å². The van der Waals surface area contributed by atoms with E-state index in [4.69, 9.17) is 14.2 Å². The minimum absolute atomic E-state index is 0.00531. The highest BCUT2D eigenvalue weighted by molar-refractivity contribution is 5.89. The molecule has 1 atom stereocenters. The summed E-state index contributed by atoms with van der Waals surface area (Å²) in [5, 5.41) is 15.8. The van der Waals surface area contributed by atoms with Crippen LogP contribution in [0.25, 0.3) is 11.4 Å². The van der Waals surface area contributed by atoms with Gasteiger partial charge < -0.3 is 24.4 Å². The Morgan fingerprint density at radius 3 is 2.52 bits per heavy atom. The smallest absolute Gasteiger partial charge is 0.247 e. The van der Waals surface area contributed by atoms with Gasteiger partial charge in [-0.3, -0.25) is 9.59 Å². The Morgan fingerprint density at radius 2 is 1.77 bits per heavy atom. The Labute approximate surface area is 253 Å². The van der Waals surface area contributed by atoms with Gasteiger partial charge in [0, 0.05) is 18.2 Å². The van der Waals surface area contributed by atoms with Crippen molar-refractivity contribution in [1.82, 2.24) is 30.4 Å². The van der Waals surface area contributed by atoms with Crippen molar-refractivity contribution in [2.45, 2.75) is 57.3 Å². The van der Waals surface area contributed by atoms with Crippen molar-refractivity contribution in [3.63, 3.8) is 0 Å². The van der Waals surface area contributed by atoms with Gasteiger partial charge in [-0.15, -0.1) is 10.2 Å². The number of ether oxygens (including phenoxy) is 3. The van der Waals surface area contributed by atoms with Crippen LogP contribution in [0.15, 0.2) is 66.7 Å². The number of carbonyl (C=O) groups excluding carboxylic acids is 2. The van der Waals surface area contributed by atoms with Crippen LogP contribution in [0, 0.1) is 5.82 Å². The number of rotatable bonds is 10. The number of halogens is 1. The number of nitrogens with one attached hydrogen (secondary N) is 1. The van der Waals surface area contributed by atoms with Gasteiger partial charge in [0.15, 0.2) is 11.5 Å². The van der Waals surface area contributed by atoms with Crippen LogP contribution < -0.4 is 19.5 Å². The molecule has 1 aromatic heterocycles. The van der Waals surface area contributed by atoms with Crippen LogP contribution in [0.1, 0.15) is 49.3 Å². The zero-order valence-electron chi connectivity index (χ0n) is 24.3. The van der Waals surface area contributed by atoms with E-state index in [9.17, 15) is 14.0 Å². The van der Waals surface area contributed by atoms with E-state index >= 15 is 0 Å². The first kappa shape index (κ1) is 29.1. The van der Waals surface area contributed by atoms with Crippen LogP contribution in [0.4, 0.5) is 4.39 Å². The van der Waals surface area contributed by atoms with Crippen LogP contribution >= 0.6 is 0 Å². The lowest BCUT2D eigenvalue weighted by molar-refractivity contribution is -0.142. The molecule has 2 heterocycles. The number of carbonyl (C=O) groups is 2. The van der Waals surface area contributed by atoms with Gasteiger partial charge >= 0.3 is 0 Å². The Hall–Kier alpha value is -5.00. The normalized spacial score (nSPS) is 15.0. The van der Waals surface area contributed by atoms with Crippen LogP contribution in [0.5, 0.6) is 17.2 Å². The fraction of sp³-hybridized carbons (Fsp3) is 0.344. The molecule has 2 aliphatic rings. The second-order valence-corrected chi connectivity index (χ2v) is 10.9. The zero-order chi connectivity index (χ0) is 30.5. The minimum Gasteiger partial charge on any atom is -0.497 e. The molecule has 44 heavy (non-hydrogen) atoms. The fourth-order valence-electron chi connectivity index (χ4n) is 5.58. The van der Waals surface area contributed by atoms with Crippen molar-refractivity contribution < 1.29 is 28.2 Å². The van der Waals surface area contributed by atoms with Crippen LogP contribution in [-0.2, 0) is 22.7 Å². The third kappa shape index (κ3) is 6.64. The van der Waals surface area contributed by atoms with Gasteiger partial charge in [-0.1, -0.05) is 37.5 Å². The van der Waals surface area contributed by atoms with Gasteiger partial charge in [-0.25, -0.2) is 4.39 Å². The van der Waals surface area contributed by atoms with Gasteiger partial charge in [0.1, 0.15) is 24.2 Å². The summed E-state index contributed by atoms with van der Waals surface area (Å²) in [5.74, 6) is 1.00. The highest BCUT2D eigenvalue weighted by atomic mass is 19.1. The maximum atomic E-state index is 14.1. The molecule has 0 unspecified atom stereocenters. The Morgan fingerprint density at radius 1 is 1.02 bits per heavy atom. The van der Waals surface area contributed by atoms with E-state index in [-0.39, 0.29) is 31.8 Å². The topological polar surface area (TPSA) is 121 Å². The van der Waals surface area contributed by atoms with Crippen LogP contribution in [0.3, 0.4) is 0 Å². The largest absolute Gasteiger partial charge is 0.497 e. The molecule has 0 spiro atoms. The number of tetrazole rings is 1. The predicted octanol–water partition coefficient (Wildman–Crippen LogP) is 4.44. The van der Waals surface area contributed by atoms with Crippen molar-refractivity contribution in [1.29, 1.82) is 0 Å². The molecule has 1 aliphatic heterocycles. The van der Waals surface area contributed by atoms with Gasteiger partial charge in [0.05, 0.1) is 7.11 Å². The molecule has 1 N–H and O–H groups in total. The summed E-state index contributed by atoms with van der Waals surface area (Å²) in [4.78, 5) is 30.8. The molecular formula is C32H33FN6O5. The summed E-state index contributed by atoms with van der Waals surface area (Å²) in [6.07, 6.45) is 4.93. The molecule has 12 heteroatoms. The molecule has 0 bridgehead atoms. The molecular weight excluding hydrogens is 567 g/mol. The van der Waals surface area contributed by atoms with Crippen molar-refractivity contribution in [2.75, 3.05) is 13.9 Å². The number of benzene rings is 3. The van der Waals surface area contributed by atoms with Crippen molar-refractivity contribution in [3.05, 3.63) is 83.7 Å². The van der Waals surface area contributed by atoms with Gasteiger partial charge in [0.25, 0.3) is 0 Å². The Kier molecular flexibility index (Phi) is 8.67. The summed E-state index contributed by atoms with van der Waals surface area (Å²) in [5.41, 5.74) is 1.92.